The number of alkyl halides is 1. The molecule has 0 aromatic heterocycles. The van der Waals surface area contributed by atoms with Crippen molar-refractivity contribution >= 4 is 21.7 Å². The van der Waals surface area contributed by atoms with E-state index in [1.54, 1.807) is 0 Å². The van der Waals surface area contributed by atoms with Crippen LogP contribution >= 0.6 is 15.9 Å². The largest absolute Gasteiger partial charge is 0.298 e. The van der Waals surface area contributed by atoms with Gasteiger partial charge in [-0.05, 0) is 42.4 Å². The minimum absolute atomic E-state index is 0.129. The number of fused-ring (bicyclic) bond motifs is 1. The maximum Gasteiger partial charge on any atom is 0.146 e. The van der Waals surface area contributed by atoms with E-state index in [1.807, 2.05) is 0 Å². The van der Waals surface area contributed by atoms with Gasteiger partial charge < -0.3 is 0 Å². The fraction of sp³-hybridized carbons (Fsp3) is 0.923. The van der Waals surface area contributed by atoms with Gasteiger partial charge in [-0.2, -0.15) is 0 Å². The molecule has 0 aromatic rings. The number of hydrogen-bond acceptors (Lipinski definition) is 1. The highest BCUT2D eigenvalue weighted by atomic mass is 79.9. The Balaban J connectivity index is 2.20. The number of halogens is 1. The Hall–Kier alpha value is 0.150. The smallest absolute Gasteiger partial charge is 0.146 e. The molecule has 86 valence electrons. The van der Waals surface area contributed by atoms with E-state index in [2.05, 4.69) is 36.7 Å². The van der Waals surface area contributed by atoms with Gasteiger partial charge in [-0.25, -0.2) is 0 Å². The molecule has 4 atom stereocenters. The lowest BCUT2D eigenvalue weighted by Crippen LogP contribution is -2.39. The number of ketones is 1. The summed E-state index contributed by atoms with van der Waals surface area (Å²) in [6.07, 6.45) is 4.51. The van der Waals surface area contributed by atoms with Crippen molar-refractivity contribution in [2.24, 2.45) is 23.2 Å². The quantitative estimate of drug-likeness (QED) is 0.664. The molecule has 0 N–H and O–H groups in total. The second-order valence-electron chi connectivity index (χ2n) is 6.05. The van der Waals surface area contributed by atoms with Crippen molar-refractivity contribution < 1.29 is 4.79 Å². The lowest BCUT2D eigenvalue weighted by Gasteiger charge is -2.40. The summed E-state index contributed by atoms with van der Waals surface area (Å²) >= 11 is 3.53. The van der Waals surface area contributed by atoms with Crippen LogP contribution in [0.15, 0.2) is 0 Å². The van der Waals surface area contributed by atoms with Crippen LogP contribution in [0.25, 0.3) is 0 Å². The van der Waals surface area contributed by atoms with E-state index in [9.17, 15) is 4.79 Å². The lowest BCUT2D eigenvalue weighted by molar-refractivity contribution is -0.124. The summed E-state index contributed by atoms with van der Waals surface area (Å²) in [7, 11) is 0. The number of Topliss-reactive ketones (excluding diaryl/α,β-unsaturated/α-hetero) is 1. The third-order valence-corrected chi connectivity index (χ3v) is 5.57. The Labute approximate surface area is 101 Å². The lowest BCUT2D eigenvalue weighted by atomic mass is 9.65. The van der Waals surface area contributed by atoms with Crippen LogP contribution in [0.4, 0.5) is 0 Å². The molecule has 2 rings (SSSR count). The zero-order valence-corrected chi connectivity index (χ0v) is 11.5. The first-order valence-corrected chi connectivity index (χ1v) is 7.02. The Bertz CT molecular complexity index is 274. The van der Waals surface area contributed by atoms with E-state index in [0.717, 1.165) is 24.7 Å². The second-order valence-corrected chi connectivity index (χ2v) is 7.15. The molecule has 0 unspecified atom stereocenters. The predicted octanol–water partition coefficient (Wildman–Crippen LogP) is 3.80. The maximum atomic E-state index is 11.8. The second kappa shape index (κ2) is 3.87. The maximum absolute atomic E-state index is 11.8. The third kappa shape index (κ3) is 1.90. The van der Waals surface area contributed by atoms with Crippen LogP contribution in [-0.4, -0.2) is 10.6 Å². The Kier molecular flexibility index (Phi) is 3.00. The van der Waals surface area contributed by atoms with Gasteiger partial charge in [0.15, 0.2) is 0 Å². The summed E-state index contributed by atoms with van der Waals surface area (Å²) in [6.45, 7) is 7.00. The highest BCUT2D eigenvalue weighted by molar-refractivity contribution is 9.10. The van der Waals surface area contributed by atoms with Crippen LogP contribution in [0, 0.1) is 23.2 Å². The molecule has 0 radical (unpaired) electrons. The van der Waals surface area contributed by atoms with Crippen molar-refractivity contribution in [2.45, 2.75) is 51.3 Å². The summed E-state index contributed by atoms with van der Waals surface area (Å²) in [6, 6.07) is 0. The van der Waals surface area contributed by atoms with Crippen LogP contribution in [0.5, 0.6) is 0 Å². The molecular formula is C13H21BrO. The summed E-state index contributed by atoms with van der Waals surface area (Å²) in [4.78, 5) is 11.9. The molecule has 0 spiro atoms. The van der Waals surface area contributed by atoms with Crippen molar-refractivity contribution in [3.05, 3.63) is 0 Å². The highest BCUT2D eigenvalue weighted by Gasteiger charge is 2.51. The molecule has 0 amide bonds. The number of carbonyl (C=O) groups is 1. The Morgan fingerprint density at radius 1 is 1.47 bits per heavy atom. The monoisotopic (exact) mass is 272 g/mol. The van der Waals surface area contributed by atoms with Gasteiger partial charge in [-0.15, -0.1) is 0 Å². The molecule has 2 aliphatic carbocycles. The molecule has 15 heavy (non-hydrogen) atoms. The van der Waals surface area contributed by atoms with Gasteiger partial charge in [0.05, 0.1) is 4.83 Å². The first-order valence-electron chi connectivity index (χ1n) is 6.11. The molecule has 0 saturated heterocycles. The Morgan fingerprint density at radius 3 is 2.73 bits per heavy atom. The fourth-order valence-corrected chi connectivity index (χ4v) is 4.64. The van der Waals surface area contributed by atoms with Crippen LogP contribution < -0.4 is 0 Å². The number of hydrogen-bond donors (Lipinski definition) is 0. The van der Waals surface area contributed by atoms with Gasteiger partial charge in [0.25, 0.3) is 0 Å². The Morgan fingerprint density at radius 2 is 2.13 bits per heavy atom. The van der Waals surface area contributed by atoms with Crippen molar-refractivity contribution in [1.82, 2.24) is 0 Å². The summed E-state index contributed by atoms with van der Waals surface area (Å²) < 4.78 is 0. The molecule has 0 heterocycles. The van der Waals surface area contributed by atoms with Gasteiger partial charge >= 0.3 is 0 Å². The molecule has 1 nitrogen and oxygen atoms in total. The van der Waals surface area contributed by atoms with E-state index in [1.165, 1.54) is 12.8 Å². The molecule has 2 heteroatoms. The average Bonchev–Trinajstić information content (AvgIpc) is 2.43. The molecular weight excluding hydrogens is 252 g/mol. The topological polar surface area (TPSA) is 17.1 Å². The van der Waals surface area contributed by atoms with Crippen molar-refractivity contribution in [1.29, 1.82) is 0 Å². The minimum Gasteiger partial charge on any atom is -0.298 e. The highest BCUT2D eigenvalue weighted by Crippen LogP contribution is 2.56. The normalized spacial score (nSPS) is 45.9. The summed E-state index contributed by atoms with van der Waals surface area (Å²) in [5.41, 5.74) is 0.428. The molecule has 2 saturated carbocycles. The van der Waals surface area contributed by atoms with Crippen LogP contribution in [0.2, 0.25) is 0 Å². The van der Waals surface area contributed by atoms with Crippen LogP contribution in [0.3, 0.4) is 0 Å². The van der Waals surface area contributed by atoms with Crippen molar-refractivity contribution in [3.63, 3.8) is 0 Å². The standard InChI is InChI=1S/C13H21BrO/c1-8(2)9-4-5-13(3)7-11(14)12(15)6-10(9)13/h8-11H,4-7H2,1-3H3/t9-,10-,11+,13+/m0/s1. The minimum atomic E-state index is 0.129. The molecule has 2 aliphatic rings. The summed E-state index contributed by atoms with van der Waals surface area (Å²) in [5, 5.41) is 0. The first kappa shape index (κ1) is 11.6. The van der Waals surface area contributed by atoms with Crippen LogP contribution in [0.1, 0.15) is 46.5 Å². The predicted molar refractivity (Wildman–Crippen MR) is 66.1 cm³/mol. The number of carbonyl (C=O) groups excluding carboxylic acids is 1. The average molecular weight is 273 g/mol. The molecule has 0 aliphatic heterocycles. The summed E-state index contributed by atoms with van der Waals surface area (Å²) in [5.74, 6) is 2.60. The molecule has 2 fully saturated rings. The van der Waals surface area contributed by atoms with E-state index >= 15 is 0 Å². The van der Waals surface area contributed by atoms with Crippen molar-refractivity contribution in [3.8, 4) is 0 Å². The van der Waals surface area contributed by atoms with Gasteiger partial charge in [-0.3, -0.25) is 4.79 Å². The zero-order chi connectivity index (χ0) is 11.2. The first-order chi connectivity index (χ1) is 6.94. The molecule has 0 aromatic carbocycles. The van der Waals surface area contributed by atoms with Crippen LogP contribution in [-0.2, 0) is 4.79 Å². The van der Waals surface area contributed by atoms with E-state index in [-0.39, 0.29) is 4.83 Å². The van der Waals surface area contributed by atoms with Gasteiger partial charge in [0, 0.05) is 6.42 Å². The zero-order valence-electron chi connectivity index (χ0n) is 9.92. The molecule has 0 bridgehead atoms. The SMILES string of the molecule is CC(C)[C@@H]1CC[C@]2(C)C[C@@H](Br)C(=O)C[C@@H]12. The third-order valence-electron chi connectivity index (χ3n) is 4.73. The van der Waals surface area contributed by atoms with Gasteiger partial charge in [-0.1, -0.05) is 36.7 Å². The van der Waals surface area contributed by atoms with E-state index in [4.69, 9.17) is 0 Å². The van der Waals surface area contributed by atoms with Crippen molar-refractivity contribution in [2.75, 3.05) is 0 Å². The fourth-order valence-electron chi connectivity index (χ4n) is 3.72. The van der Waals surface area contributed by atoms with Gasteiger partial charge in [0.2, 0.25) is 0 Å². The number of rotatable bonds is 1. The van der Waals surface area contributed by atoms with Gasteiger partial charge in [0.1, 0.15) is 5.78 Å². The van der Waals surface area contributed by atoms with E-state index in [0.29, 0.717) is 17.1 Å². The van der Waals surface area contributed by atoms with E-state index < -0.39 is 0 Å².